The van der Waals surface area contributed by atoms with Gasteiger partial charge in [-0.3, -0.25) is 0 Å². The van der Waals surface area contributed by atoms with Gasteiger partial charge in [-0.2, -0.15) is 0 Å². The van der Waals surface area contributed by atoms with Crippen LogP contribution in [-0.4, -0.2) is 15.0 Å². The van der Waals surface area contributed by atoms with Crippen LogP contribution in [-0.2, 0) is 0 Å². The second-order valence-corrected chi connectivity index (χ2v) is 3.61. The van der Waals surface area contributed by atoms with E-state index in [2.05, 4.69) is 30.9 Å². The van der Waals surface area contributed by atoms with Crippen LogP contribution < -0.4 is 0 Å². The Hall–Kier alpha value is -1.29. The van der Waals surface area contributed by atoms with Crippen LogP contribution in [0.4, 0.5) is 0 Å². The zero-order chi connectivity index (χ0) is 9.97. The van der Waals surface area contributed by atoms with Gasteiger partial charge in [0, 0.05) is 29.7 Å². The maximum absolute atomic E-state index is 4.14. The van der Waals surface area contributed by atoms with Crippen LogP contribution in [0.3, 0.4) is 0 Å². The first kappa shape index (κ1) is 9.27. The molecule has 4 heteroatoms. The van der Waals surface area contributed by atoms with Crippen LogP contribution in [0, 0.1) is 6.92 Å². The first-order chi connectivity index (χ1) is 6.77. The molecule has 0 atom stereocenters. The Morgan fingerprint density at radius 2 is 1.86 bits per heavy atom. The summed E-state index contributed by atoms with van der Waals surface area (Å²) in [4.78, 5) is 12.4. The molecule has 0 bridgehead atoms. The predicted octanol–water partition coefficient (Wildman–Crippen LogP) is 2.61. The molecule has 0 fully saturated rings. The van der Waals surface area contributed by atoms with E-state index in [9.17, 15) is 0 Å². The fraction of sp³-hybridized carbons (Fsp3) is 0.100. The molecule has 2 aromatic rings. The quantitative estimate of drug-likeness (QED) is 0.730. The Balaban J connectivity index is 2.50. The van der Waals surface area contributed by atoms with Gasteiger partial charge in [0.15, 0.2) is 0 Å². The van der Waals surface area contributed by atoms with Gasteiger partial charge >= 0.3 is 0 Å². The molecule has 0 aromatic carbocycles. The SMILES string of the molecule is Cc1ncc(-c2cccnc2Br)cn1. The largest absolute Gasteiger partial charge is 0.249 e. The Labute approximate surface area is 90.4 Å². The van der Waals surface area contributed by atoms with E-state index in [-0.39, 0.29) is 0 Å². The van der Waals surface area contributed by atoms with Crippen molar-refractivity contribution in [2.24, 2.45) is 0 Å². The first-order valence-corrected chi connectivity index (χ1v) is 4.96. The summed E-state index contributed by atoms with van der Waals surface area (Å²) in [5.41, 5.74) is 1.98. The fourth-order valence-electron chi connectivity index (χ4n) is 1.13. The van der Waals surface area contributed by atoms with Crippen molar-refractivity contribution in [2.75, 3.05) is 0 Å². The van der Waals surface area contributed by atoms with Crippen LogP contribution in [0.2, 0.25) is 0 Å². The molecule has 0 saturated heterocycles. The van der Waals surface area contributed by atoms with Gasteiger partial charge in [-0.1, -0.05) is 6.07 Å². The number of rotatable bonds is 1. The van der Waals surface area contributed by atoms with E-state index < -0.39 is 0 Å². The highest BCUT2D eigenvalue weighted by Crippen LogP contribution is 2.24. The van der Waals surface area contributed by atoms with Gasteiger partial charge in [-0.25, -0.2) is 15.0 Å². The normalized spacial score (nSPS) is 10.1. The lowest BCUT2D eigenvalue weighted by Crippen LogP contribution is -1.89. The topological polar surface area (TPSA) is 38.7 Å². The third-order valence-electron chi connectivity index (χ3n) is 1.85. The van der Waals surface area contributed by atoms with Gasteiger partial charge in [0.2, 0.25) is 0 Å². The summed E-state index contributed by atoms with van der Waals surface area (Å²) in [5.74, 6) is 0.772. The Bertz CT molecular complexity index is 439. The minimum atomic E-state index is 0.772. The number of pyridine rings is 1. The first-order valence-electron chi connectivity index (χ1n) is 4.17. The van der Waals surface area contributed by atoms with Crippen LogP contribution >= 0.6 is 15.9 Å². The third kappa shape index (κ3) is 1.80. The molecule has 0 N–H and O–H groups in total. The van der Waals surface area contributed by atoms with Gasteiger partial charge in [-0.05, 0) is 28.9 Å². The molecule has 0 radical (unpaired) electrons. The van der Waals surface area contributed by atoms with Gasteiger partial charge in [0.1, 0.15) is 10.4 Å². The Morgan fingerprint density at radius 1 is 1.14 bits per heavy atom. The standard InChI is InChI=1S/C10H8BrN3/c1-7-13-5-8(6-14-7)9-3-2-4-12-10(9)11/h2-6H,1H3. The van der Waals surface area contributed by atoms with Gasteiger partial charge in [-0.15, -0.1) is 0 Å². The van der Waals surface area contributed by atoms with Crippen molar-refractivity contribution in [3.63, 3.8) is 0 Å². The molecular formula is C10H8BrN3. The van der Waals surface area contributed by atoms with E-state index in [0.717, 1.165) is 21.6 Å². The molecule has 0 amide bonds. The highest BCUT2D eigenvalue weighted by atomic mass is 79.9. The summed E-state index contributed by atoms with van der Waals surface area (Å²) in [6.07, 6.45) is 5.33. The predicted molar refractivity (Wildman–Crippen MR) is 57.7 cm³/mol. The average molecular weight is 250 g/mol. The number of halogens is 1. The van der Waals surface area contributed by atoms with Crippen molar-refractivity contribution < 1.29 is 0 Å². The fourth-order valence-corrected chi connectivity index (χ4v) is 1.61. The minimum absolute atomic E-state index is 0.772. The molecule has 0 unspecified atom stereocenters. The molecule has 2 heterocycles. The molecule has 0 aliphatic carbocycles. The van der Waals surface area contributed by atoms with Crippen molar-refractivity contribution in [1.82, 2.24) is 15.0 Å². The highest BCUT2D eigenvalue weighted by Gasteiger charge is 2.03. The van der Waals surface area contributed by atoms with Gasteiger partial charge in [0.25, 0.3) is 0 Å². The van der Waals surface area contributed by atoms with Crippen molar-refractivity contribution >= 4 is 15.9 Å². The summed E-state index contributed by atoms with van der Waals surface area (Å²) in [7, 11) is 0. The van der Waals surface area contributed by atoms with E-state index in [0.29, 0.717) is 0 Å². The maximum atomic E-state index is 4.14. The number of aryl methyl sites for hydroxylation is 1. The molecule has 0 aliphatic rings. The van der Waals surface area contributed by atoms with E-state index in [1.807, 2.05) is 19.1 Å². The average Bonchev–Trinajstić information content (AvgIpc) is 2.20. The van der Waals surface area contributed by atoms with E-state index in [1.54, 1.807) is 18.6 Å². The summed E-state index contributed by atoms with van der Waals surface area (Å²) in [6.45, 7) is 1.86. The molecule has 70 valence electrons. The number of aromatic nitrogens is 3. The second-order valence-electron chi connectivity index (χ2n) is 2.86. The van der Waals surface area contributed by atoms with E-state index in [4.69, 9.17) is 0 Å². The number of hydrogen-bond donors (Lipinski definition) is 0. The monoisotopic (exact) mass is 249 g/mol. The van der Waals surface area contributed by atoms with Gasteiger partial charge < -0.3 is 0 Å². The summed E-state index contributed by atoms with van der Waals surface area (Å²) in [6, 6.07) is 3.87. The molecule has 2 aromatic heterocycles. The molecular weight excluding hydrogens is 242 g/mol. The Kier molecular flexibility index (Phi) is 2.54. The summed E-state index contributed by atoms with van der Waals surface area (Å²) < 4.78 is 0.812. The third-order valence-corrected chi connectivity index (χ3v) is 2.48. The smallest absolute Gasteiger partial charge is 0.125 e. The van der Waals surface area contributed by atoms with E-state index >= 15 is 0 Å². The lowest BCUT2D eigenvalue weighted by atomic mass is 10.1. The molecule has 3 nitrogen and oxygen atoms in total. The molecule has 0 aliphatic heterocycles. The van der Waals surface area contributed by atoms with Crippen molar-refractivity contribution in [1.29, 1.82) is 0 Å². The number of hydrogen-bond acceptors (Lipinski definition) is 3. The van der Waals surface area contributed by atoms with Crippen LogP contribution in [0.5, 0.6) is 0 Å². The number of nitrogens with zero attached hydrogens (tertiary/aromatic N) is 3. The lowest BCUT2D eigenvalue weighted by molar-refractivity contribution is 1.05. The van der Waals surface area contributed by atoms with Crippen molar-refractivity contribution in [3.05, 3.63) is 41.2 Å². The van der Waals surface area contributed by atoms with Crippen molar-refractivity contribution in [2.45, 2.75) is 6.92 Å². The highest BCUT2D eigenvalue weighted by molar-refractivity contribution is 9.10. The van der Waals surface area contributed by atoms with Crippen LogP contribution in [0.1, 0.15) is 5.82 Å². The van der Waals surface area contributed by atoms with Crippen molar-refractivity contribution in [3.8, 4) is 11.1 Å². The zero-order valence-electron chi connectivity index (χ0n) is 7.61. The van der Waals surface area contributed by atoms with Crippen LogP contribution in [0.15, 0.2) is 35.3 Å². The summed E-state index contributed by atoms with van der Waals surface area (Å²) >= 11 is 3.38. The zero-order valence-corrected chi connectivity index (χ0v) is 9.19. The summed E-state index contributed by atoms with van der Waals surface area (Å²) in [5, 5.41) is 0. The van der Waals surface area contributed by atoms with E-state index in [1.165, 1.54) is 0 Å². The minimum Gasteiger partial charge on any atom is -0.249 e. The maximum Gasteiger partial charge on any atom is 0.125 e. The Morgan fingerprint density at radius 3 is 2.50 bits per heavy atom. The second kappa shape index (κ2) is 3.84. The lowest BCUT2D eigenvalue weighted by Gasteiger charge is -2.02. The molecule has 0 spiro atoms. The molecule has 0 saturated carbocycles. The molecule has 2 rings (SSSR count). The van der Waals surface area contributed by atoms with Gasteiger partial charge in [0.05, 0.1) is 0 Å². The van der Waals surface area contributed by atoms with Crippen LogP contribution in [0.25, 0.3) is 11.1 Å². The molecule has 14 heavy (non-hydrogen) atoms.